The van der Waals surface area contributed by atoms with E-state index in [4.69, 9.17) is 9.15 Å². The molecule has 0 spiro atoms. The van der Waals surface area contributed by atoms with Gasteiger partial charge >= 0.3 is 18.0 Å². The molecule has 3 N–H and O–H groups in total. The molecule has 0 saturated carbocycles. The Labute approximate surface area is 197 Å². The summed E-state index contributed by atoms with van der Waals surface area (Å²) in [5, 5.41) is 8.22. The molecule has 35 heavy (non-hydrogen) atoms. The third kappa shape index (κ3) is 7.74. The summed E-state index contributed by atoms with van der Waals surface area (Å²) in [6.07, 6.45) is -1.94. The van der Waals surface area contributed by atoms with Gasteiger partial charge in [-0.05, 0) is 42.0 Å². The van der Waals surface area contributed by atoms with Crippen LogP contribution >= 0.6 is 0 Å². The highest BCUT2D eigenvalue weighted by Gasteiger charge is 2.33. The third-order valence-corrected chi connectivity index (χ3v) is 4.32. The highest BCUT2D eigenvalue weighted by Crippen LogP contribution is 2.34. The average Bonchev–Trinajstić information content (AvgIpc) is 3.35. The Hall–Kier alpha value is -4.61. The van der Waals surface area contributed by atoms with Crippen LogP contribution in [0.3, 0.4) is 0 Å². The van der Waals surface area contributed by atoms with Crippen molar-refractivity contribution in [2.24, 2.45) is 5.10 Å². The molecule has 9 nitrogen and oxygen atoms in total. The van der Waals surface area contributed by atoms with Crippen molar-refractivity contribution in [2.45, 2.75) is 12.7 Å². The first-order valence-corrected chi connectivity index (χ1v) is 10.0. The van der Waals surface area contributed by atoms with Gasteiger partial charge in [0.05, 0.1) is 30.3 Å². The second-order valence-electron chi connectivity index (χ2n) is 6.91. The summed E-state index contributed by atoms with van der Waals surface area (Å²) in [4.78, 5) is 35.6. The van der Waals surface area contributed by atoms with E-state index in [2.05, 4.69) is 21.2 Å². The number of halogens is 3. The van der Waals surface area contributed by atoms with E-state index in [0.717, 1.165) is 12.1 Å². The van der Waals surface area contributed by atoms with E-state index in [9.17, 15) is 27.6 Å². The summed E-state index contributed by atoms with van der Waals surface area (Å²) in [6, 6.07) is 14.1. The van der Waals surface area contributed by atoms with E-state index in [1.54, 1.807) is 24.3 Å². The number of ether oxygens (including phenoxy) is 1. The molecule has 0 unspecified atom stereocenters. The predicted molar refractivity (Wildman–Crippen MR) is 118 cm³/mol. The lowest BCUT2D eigenvalue weighted by Gasteiger charge is -2.13. The van der Waals surface area contributed by atoms with Gasteiger partial charge in [-0.2, -0.15) is 18.3 Å². The van der Waals surface area contributed by atoms with Crippen LogP contribution in [0.15, 0.2) is 76.4 Å². The first kappa shape index (κ1) is 25.0. The fourth-order valence-corrected chi connectivity index (χ4v) is 2.74. The number of hydrazone groups is 1. The standard InChI is InChI=1S/C23H19F3N4O5/c24-23(25,26)18-8-1-2-9-19(18)29-20(31)14-35-16-6-3-5-15(11-16)12-28-30-22(33)21(32)27-13-17-7-4-10-34-17/h1-12H,13-14H2,(H,27,32)(H,29,31)(H,30,33)/b28-12-. The lowest BCUT2D eigenvalue weighted by Crippen LogP contribution is -2.37. The maximum Gasteiger partial charge on any atom is 0.418 e. The van der Waals surface area contributed by atoms with E-state index in [1.165, 1.54) is 36.7 Å². The number of nitrogens with one attached hydrogen (secondary N) is 3. The molecule has 3 amide bonds. The number of anilines is 1. The maximum atomic E-state index is 13.0. The summed E-state index contributed by atoms with van der Waals surface area (Å²) in [6.45, 7) is -0.503. The Bertz CT molecular complexity index is 1210. The minimum Gasteiger partial charge on any atom is -0.484 e. The van der Waals surface area contributed by atoms with Crippen LogP contribution in [0.5, 0.6) is 5.75 Å². The second-order valence-corrected chi connectivity index (χ2v) is 6.91. The SMILES string of the molecule is O=C(COc1cccc(/C=N\NC(=O)C(=O)NCc2ccco2)c1)Nc1ccccc1C(F)(F)F. The minimum absolute atomic E-state index is 0.0394. The zero-order chi connectivity index (χ0) is 25.3. The lowest BCUT2D eigenvalue weighted by molar-refractivity contribution is -0.139. The largest absolute Gasteiger partial charge is 0.484 e. The van der Waals surface area contributed by atoms with Gasteiger partial charge in [0, 0.05) is 0 Å². The van der Waals surface area contributed by atoms with Gasteiger partial charge < -0.3 is 19.8 Å². The van der Waals surface area contributed by atoms with E-state index < -0.39 is 36.1 Å². The number of para-hydroxylation sites is 1. The van der Waals surface area contributed by atoms with Gasteiger partial charge in [0.2, 0.25) is 0 Å². The molecular weight excluding hydrogens is 469 g/mol. The van der Waals surface area contributed by atoms with Crippen LogP contribution in [0.4, 0.5) is 18.9 Å². The monoisotopic (exact) mass is 488 g/mol. The highest BCUT2D eigenvalue weighted by molar-refractivity contribution is 6.35. The molecule has 0 aliphatic heterocycles. The molecule has 0 radical (unpaired) electrons. The van der Waals surface area contributed by atoms with Crippen molar-refractivity contribution in [1.29, 1.82) is 0 Å². The third-order valence-electron chi connectivity index (χ3n) is 4.32. The molecule has 0 aliphatic carbocycles. The van der Waals surface area contributed by atoms with Crippen molar-refractivity contribution in [3.63, 3.8) is 0 Å². The molecule has 12 heteroatoms. The number of carbonyl (C=O) groups excluding carboxylic acids is 3. The number of carbonyl (C=O) groups is 3. The quantitative estimate of drug-likeness (QED) is 0.256. The molecule has 1 heterocycles. The molecule has 3 rings (SSSR count). The minimum atomic E-state index is -4.62. The van der Waals surface area contributed by atoms with Gasteiger partial charge in [0.25, 0.3) is 5.91 Å². The number of alkyl halides is 3. The number of hydrogen-bond donors (Lipinski definition) is 3. The number of nitrogens with zero attached hydrogens (tertiary/aromatic N) is 1. The Morgan fingerprint density at radius 1 is 1.00 bits per heavy atom. The summed E-state index contributed by atoms with van der Waals surface area (Å²) < 4.78 is 49.5. The fourth-order valence-electron chi connectivity index (χ4n) is 2.74. The summed E-state index contributed by atoms with van der Waals surface area (Å²) >= 11 is 0. The fraction of sp³-hybridized carbons (Fsp3) is 0.130. The smallest absolute Gasteiger partial charge is 0.418 e. The summed E-state index contributed by atoms with van der Waals surface area (Å²) in [5.74, 6) is -1.97. The Balaban J connectivity index is 1.48. The normalized spacial score (nSPS) is 11.2. The maximum absolute atomic E-state index is 13.0. The van der Waals surface area contributed by atoms with Gasteiger partial charge in [0.15, 0.2) is 6.61 Å². The number of hydrogen-bond acceptors (Lipinski definition) is 6. The average molecular weight is 488 g/mol. The first-order valence-electron chi connectivity index (χ1n) is 10.0. The van der Waals surface area contributed by atoms with Crippen molar-refractivity contribution in [3.05, 3.63) is 83.8 Å². The van der Waals surface area contributed by atoms with Crippen molar-refractivity contribution < 1.29 is 36.7 Å². The van der Waals surface area contributed by atoms with Crippen LogP contribution in [0, 0.1) is 0 Å². The topological polar surface area (TPSA) is 122 Å². The van der Waals surface area contributed by atoms with Gasteiger partial charge in [-0.25, -0.2) is 5.43 Å². The molecule has 0 atom stereocenters. The van der Waals surface area contributed by atoms with E-state index in [-0.39, 0.29) is 18.0 Å². The van der Waals surface area contributed by atoms with Crippen LogP contribution < -0.4 is 20.8 Å². The van der Waals surface area contributed by atoms with Gasteiger partial charge in [-0.15, -0.1) is 0 Å². The molecule has 0 bridgehead atoms. The molecule has 182 valence electrons. The zero-order valence-electron chi connectivity index (χ0n) is 18.0. The van der Waals surface area contributed by atoms with Crippen molar-refractivity contribution >= 4 is 29.6 Å². The molecular formula is C23H19F3N4O5. The van der Waals surface area contributed by atoms with Gasteiger partial charge in [-0.1, -0.05) is 24.3 Å². The molecule has 2 aromatic carbocycles. The lowest BCUT2D eigenvalue weighted by atomic mass is 10.1. The number of rotatable bonds is 8. The van der Waals surface area contributed by atoms with Crippen LogP contribution in [0.25, 0.3) is 0 Å². The second kappa shape index (κ2) is 11.5. The summed E-state index contributed by atoms with van der Waals surface area (Å²) in [7, 11) is 0. The Morgan fingerprint density at radius 2 is 1.80 bits per heavy atom. The van der Waals surface area contributed by atoms with Crippen molar-refractivity contribution in [1.82, 2.24) is 10.7 Å². The van der Waals surface area contributed by atoms with Crippen LogP contribution in [-0.2, 0) is 27.1 Å². The zero-order valence-corrected chi connectivity index (χ0v) is 18.0. The van der Waals surface area contributed by atoms with Crippen molar-refractivity contribution in [3.8, 4) is 5.75 Å². The number of furan rings is 1. The Morgan fingerprint density at radius 3 is 2.54 bits per heavy atom. The molecule has 3 aromatic rings. The van der Waals surface area contributed by atoms with Gasteiger partial charge in [-0.3, -0.25) is 14.4 Å². The number of benzene rings is 2. The van der Waals surface area contributed by atoms with Gasteiger partial charge in [0.1, 0.15) is 11.5 Å². The Kier molecular flexibility index (Phi) is 8.22. The van der Waals surface area contributed by atoms with Crippen LogP contribution in [0.2, 0.25) is 0 Å². The van der Waals surface area contributed by atoms with E-state index in [1.807, 2.05) is 0 Å². The van der Waals surface area contributed by atoms with Crippen LogP contribution in [0.1, 0.15) is 16.9 Å². The molecule has 0 fully saturated rings. The van der Waals surface area contributed by atoms with E-state index >= 15 is 0 Å². The highest BCUT2D eigenvalue weighted by atomic mass is 19.4. The van der Waals surface area contributed by atoms with Crippen LogP contribution in [-0.4, -0.2) is 30.5 Å². The summed E-state index contributed by atoms with van der Waals surface area (Å²) in [5.41, 5.74) is 1.18. The van der Waals surface area contributed by atoms with E-state index in [0.29, 0.717) is 11.3 Å². The molecule has 0 aliphatic rings. The predicted octanol–water partition coefficient (Wildman–Crippen LogP) is 3.08. The first-order chi connectivity index (χ1) is 16.7. The number of amides is 3. The molecule has 1 aromatic heterocycles. The van der Waals surface area contributed by atoms with Crippen molar-refractivity contribution in [2.75, 3.05) is 11.9 Å². The molecule has 0 saturated heterocycles.